The topological polar surface area (TPSA) is 9.23 Å². The number of hydrogen-bond acceptors (Lipinski definition) is 1. The van der Waals surface area contributed by atoms with Crippen LogP contribution in [0.4, 0.5) is 0 Å². The summed E-state index contributed by atoms with van der Waals surface area (Å²) in [6.07, 6.45) is 5.94. The van der Waals surface area contributed by atoms with Crippen LogP contribution in [0, 0.1) is 5.92 Å². The third kappa shape index (κ3) is 3.62. The van der Waals surface area contributed by atoms with Crippen molar-refractivity contribution in [2.75, 3.05) is 7.11 Å². The van der Waals surface area contributed by atoms with Crippen LogP contribution in [-0.4, -0.2) is 12.5 Å². The molecule has 0 radical (unpaired) electrons. The molecule has 2 unspecified atom stereocenters. The Bertz CT molecular complexity index is 380. The first-order valence-electron chi connectivity index (χ1n) is 6.15. The van der Waals surface area contributed by atoms with Crippen molar-refractivity contribution in [3.8, 4) is 5.75 Å². The van der Waals surface area contributed by atoms with Crippen molar-refractivity contribution < 1.29 is 4.74 Å². The Balaban J connectivity index is 2.08. The van der Waals surface area contributed by atoms with Gasteiger partial charge in [-0.2, -0.15) is 0 Å². The first-order valence-corrected chi connectivity index (χ1v) is 7.38. The Kier molecular flexibility index (Phi) is 4.75. The Labute approximate surface area is 117 Å². The van der Waals surface area contributed by atoms with Crippen LogP contribution in [0.5, 0.6) is 5.75 Å². The van der Waals surface area contributed by atoms with Crippen LogP contribution in [-0.2, 0) is 6.42 Å². The molecule has 3 heteroatoms. The van der Waals surface area contributed by atoms with Gasteiger partial charge in [-0.05, 0) is 48.9 Å². The Morgan fingerprint density at radius 3 is 2.94 bits per heavy atom. The summed E-state index contributed by atoms with van der Waals surface area (Å²) in [5.74, 6) is 1.69. The van der Waals surface area contributed by atoms with Crippen molar-refractivity contribution in [3.63, 3.8) is 0 Å². The van der Waals surface area contributed by atoms with E-state index in [0.29, 0.717) is 11.3 Å². The second-order valence-corrected chi connectivity index (χ2v) is 6.32. The summed E-state index contributed by atoms with van der Waals surface area (Å²) in [7, 11) is 1.73. The van der Waals surface area contributed by atoms with Crippen LogP contribution in [0.15, 0.2) is 22.7 Å². The van der Waals surface area contributed by atoms with Gasteiger partial charge in [0.2, 0.25) is 0 Å². The second kappa shape index (κ2) is 6.10. The van der Waals surface area contributed by atoms with Crippen LogP contribution in [0.25, 0.3) is 0 Å². The monoisotopic (exact) mass is 316 g/mol. The van der Waals surface area contributed by atoms with Gasteiger partial charge in [0.25, 0.3) is 0 Å². The van der Waals surface area contributed by atoms with Gasteiger partial charge < -0.3 is 4.74 Å². The fourth-order valence-corrected chi connectivity index (χ4v) is 3.44. The van der Waals surface area contributed by atoms with Crippen LogP contribution in [0.3, 0.4) is 0 Å². The molecule has 1 aromatic rings. The van der Waals surface area contributed by atoms with E-state index in [1.807, 2.05) is 12.1 Å². The largest absolute Gasteiger partial charge is 0.496 e. The number of halogens is 2. The normalized spacial score (nSPS) is 24.6. The molecule has 1 saturated carbocycles. The third-order valence-corrected chi connectivity index (χ3v) is 4.36. The molecule has 1 aliphatic carbocycles. The molecule has 0 heterocycles. The molecule has 2 rings (SSSR count). The Morgan fingerprint density at radius 2 is 2.24 bits per heavy atom. The van der Waals surface area contributed by atoms with E-state index < -0.39 is 0 Å². The average Bonchev–Trinajstić information content (AvgIpc) is 2.29. The summed E-state index contributed by atoms with van der Waals surface area (Å²) < 4.78 is 6.53. The smallest absolute Gasteiger partial charge is 0.122 e. The summed E-state index contributed by atoms with van der Waals surface area (Å²) in [6, 6.07) is 6.21. The molecule has 0 saturated heterocycles. The van der Waals surface area contributed by atoms with Gasteiger partial charge in [0.05, 0.1) is 7.11 Å². The summed E-state index contributed by atoms with van der Waals surface area (Å²) in [5.41, 5.74) is 1.29. The minimum atomic E-state index is 0.367. The maximum absolute atomic E-state index is 6.24. The summed E-state index contributed by atoms with van der Waals surface area (Å²) in [5, 5.41) is 0.367. The first kappa shape index (κ1) is 13.2. The molecule has 0 aliphatic heterocycles. The maximum Gasteiger partial charge on any atom is 0.122 e. The summed E-state index contributed by atoms with van der Waals surface area (Å²) in [6.45, 7) is 0. The molecule has 1 nitrogen and oxygen atoms in total. The molecular weight excluding hydrogens is 300 g/mol. The minimum Gasteiger partial charge on any atom is -0.496 e. The highest BCUT2D eigenvalue weighted by Crippen LogP contribution is 2.33. The van der Waals surface area contributed by atoms with E-state index in [9.17, 15) is 0 Å². The molecule has 94 valence electrons. The predicted octanol–water partition coefficient (Wildman–Crippen LogP) is 4.80. The lowest BCUT2D eigenvalue weighted by Crippen LogP contribution is -2.17. The van der Waals surface area contributed by atoms with Crippen LogP contribution in [0.2, 0.25) is 0 Å². The molecule has 17 heavy (non-hydrogen) atoms. The van der Waals surface area contributed by atoms with Crippen molar-refractivity contribution >= 4 is 27.5 Å². The lowest BCUT2D eigenvalue weighted by atomic mass is 9.84. The van der Waals surface area contributed by atoms with Crippen molar-refractivity contribution in [1.82, 2.24) is 0 Å². The minimum absolute atomic E-state index is 0.367. The second-order valence-electron chi connectivity index (χ2n) is 4.79. The van der Waals surface area contributed by atoms with Crippen LogP contribution in [0.1, 0.15) is 31.2 Å². The number of ether oxygens (including phenoxy) is 1. The van der Waals surface area contributed by atoms with Gasteiger partial charge in [-0.15, -0.1) is 11.6 Å². The fourth-order valence-electron chi connectivity index (χ4n) is 2.63. The zero-order valence-corrected chi connectivity index (χ0v) is 12.4. The molecule has 0 amide bonds. The van der Waals surface area contributed by atoms with Crippen molar-refractivity contribution in [1.29, 1.82) is 0 Å². The molecule has 1 aromatic carbocycles. The lowest BCUT2D eigenvalue weighted by Gasteiger charge is -2.26. The van der Waals surface area contributed by atoms with E-state index in [2.05, 4.69) is 22.0 Å². The highest BCUT2D eigenvalue weighted by Gasteiger charge is 2.21. The van der Waals surface area contributed by atoms with Gasteiger partial charge in [0.1, 0.15) is 5.75 Å². The van der Waals surface area contributed by atoms with Crippen molar-refractivity contribution in [2.24, 2.45) is 5.92 Å². The molecule has 2 atom stereocenters. The van der Waals surface area contributed by atoms with E-state index in [-0.39, 0.29) is 0 Å². The summed E-state index contributed by atoms with van der Waals surface area (Å²) >= 11 is 9.76. The van der Waals surface area contributed by atoms with Crippen LogP contribution >= 0.6 is 27.5 Å². The fraction of sp³-hybridized carbons (Fsp3) is 0.571. The SMILES string of the molecule is COc1ccc(Br)cc1CC1CCCC(Cl)C1. The third-order valence-electron chi connectivity index (χ3n) is 3.47. The molecule has 0 N–H and O–H groups in total. The maximum atomic E-state index is 6.24. The first-order chi connectivity index (χ1) is 8.19. The molecule has 1 aliphatic rings. The summed E-state index contributed by atoms with van der Waals surface area (Å²) in [4.78, 5) is 0. The van der Waals surface area contributed by atoms with Crippen molar-refractivity contribution in [2.45, 2.75) is 37.5 Å². The highest BCUT2D eigenvalue weighted by molar-refractivity contribution is 9.10. The average molecular weight is 318 g/mol. The number of methoxy groups -OCH3 is 1. The number of rotatable bonds is 3. The molecule has 0 aromatic heterocycles. The number of alkyl halides is 1. The van der Waals surface area contributed by atoms with Crippen LogP contribution < -0.4 is 4.74 Å². The Hall–Kier alpha value is -0.210. The van der Waals surface area contributed by atoms with Gasteiger partial charge in [0, 0.05) is 9.85 Å². The molecular formula is C14H18BrClO. The number of hydrogen-bond donors (Lipinski definition) is 0. The standard InChI is InChI=1S/C14H18BrClO/c1-17-14-6-5-12(15)9-11(14)7-10-3-2-4-13(16)8-10/h5-6,9-10,13H,2-4,7-8H2,1H3. The molecule has 0 spiro atoms. The van der Waals surface area contributed by atoms with Gasteiger partial charge in [0.15, 0.2) is 0 Å². The Morgan fingerprint density at radius 1 is 1.41 bits per heavy atom. The van der Waals surface area contributed by atoms with Gasteiger partial charge in [-0.3, -0.25) is 0 Å². The zero-order chi connectivity index (χ0) is 12.3. The van der Waals surface area contributed by atoms with Crippen molar-refractivity contribution in [3.05, 3.63) is 28.2 Å². The lowest BCUT2D eigenvalue weighted by molar-refractivity contribution is 0.352. The van der Waals surface area contributed by atoms with E-state index in [1.165, 1.54) is 24.8 Å². The van der Waals surface area contributed by atoms with Gasteiger partial charge in [-0.1, -0.05) is 28.8 Å². The highest BCUT2D eigenvalue weighted by atomic mass is 79.9. The van der Waals surface area contributed by atoms with Gasteiger partial charge in [-0.25, -0.2) is 0 Å². The molecule has 1 fully saturated rings. The van der Waals surface area contributed by atoms with E-state index in [0.717, 1.165) is 23.1 Å². The van der Waals surface area contributed by atoms with Gasteiger partial charge >= 0.3 is 0 Å². The predicted molar refractivity (Wildman–Crippen MR) is 76.0 cm³/mol. The van der Waals surface area contributed by atoms with E-state index in [1.54, 1.807) is 7.11 Å². The van der Waals surface area contributed by atoms with E-state index in [4.69, 9.17) is 16.3 Å². The number of benzene rings is 1. The zero-order valence-electron chi connectivity index (χ0n) is 10.1. The van der Waals surface area contributed by atoms with E-state index >= 15 is 0 Å². The molecule has 0 bridgehead atoms. The quantitative estimate of drug-likeness (QED) is 0.728.